The highest BCUT2D eigenvalue weighted by atomic mass is 16.5. The molecule has 5 rings (SSSR count). The molecule has 1 spiro atoms. The normalized spacial score (nSPS) is 43.9. The summed E-state index contributed by atoms with van der Waals surface area (Å²) in [6.45, 7) is 0.811. The number of piperidine rings is 1. The van der Waals surface area contributed by atoms with Crippen molar-refractivity contribution in [3.63, 3.8) is 0 Å². The molecule has 0 amide bonds. The summed E-state index contributed by atoms with van der Waals surface area (Å²) >= 11 is 0. The number of likely N-dealkylation sites (N-methyl/N-ethyl adjacent to an activating group) is 1. The van der Waals surface area contributed by atoms with Crippen LogP contribution in [0.4, 0.5) is 0 Å². The lowest BCUT2D eigenvalue weighted by Crippen LogP contribution is -2.76. The number of hydrogen-bond acceptors (Lipinski definition) is 5. The van der Waals surface area contributed by atoms with Crippen molar-refractivity contribution >= 4 is 0 Å². The maximum absolute atomic E-state index is 11.8. The molecule has 5 unspecified atom stereocenters. The fourth-order valence-corrected chi connectivity index (χ4v) is 5.92. The molecule has 2 heterocycles. The molecule has 5 heteroatoms. The second-order valence-corrected chi connectivity index (χ2v) is 7.74. The predicted octanol–water partition coefficient (Wildman–Crippen LogP) is 0.324. The third-order valence-corrected chi connectivity index (χ3v) is 6.97. The van der Waals surface area contributed by atoms with E-state index in [1.54, 1.807) is 0 Å². The highest BCUT2D eigenvalue weighted by Gasteiger charge is 2.72. The van der Waals surface area contributed by atoms with E-state index in [0.717, 1.165) is 36.3 Å². The average Bonchev–Trinajstić information content (AvgIpc) is 2.90. The predicted molar refractivity (Wildman–Crippen MR) is 83.4 cm³/mol. The molecule has 124 valence electrons. The Balaban J connectivity index is 1.84. The third-order valence-electron chi connectivity index (χ3n) is 6.97. The minimum atomic E-state index is -0.865. The summed E-state index contributed by atoms with van der Waals surface area (Å²) in [5, 5.41) is 32.1. The molecule has 2 bridgehead atoms. The molecule has 2 aliphatic carbocycles. The zero-order chi connectivity index (χ0) is 16.0. The zero-order valence-electron chi connectivity index (χ0n) is 13.3. The van der Waals surface area contributed by atoms with Crippen LogP contribution in [0, 0.1) is 0 Å². The van der Waals surface area contributed by atoms with Gasteiger partial charge in [0.25, 0.3) is 0 Å². The third kappa shape index (κ3) is 1.40. The maximum atomic E-state index is 11.8. The van der Waals surface area contributed by atoms with Crippen molar-refractivity contribution in [2.45, 2.75) is 61.6 Å². The fraction of sp³-hybridized carbons (Fsp3) is 0.667. The molecule has 3 N–H and O–H groups in total. The number of ether oxygens (including phenoxy) is 1. The van der Waals surface area contributed by atoms with Crippen molar-refractivity contribution in [3.05, 3.63) is 28.8 Å². The van der Waals surface area contributed by atoms with Crippen LogP contribution in [0.1, 0.15) is 36.0 Å². The van der Waals surface area contributed by atoms with Crippen LogP contribution in [0.25, 0.3) is 0 Å². The molecule has 0 radical (unpaired) electrons. The average molecular weight is 317 g/mol. The lowest BCUT2D eigenvalue weighted by molar-refractivity contribution is -0.204. The van der Waals surface area contributed by atoms with E-state index in [1.165, 1.54) is 5.56 Å². The summed E-state index contributed by atoms with van der Waals surface area (Å²) in [5.41, 5.74) is 1.64. The molecular weight excluding hydrogens is 294 g/mol. The van der Waals surface area contributed by atoms with Crippen molar-refractivity contribution in [3.8, 4) is 5.75 Å². The van der Waals surface area contributed by atoms with Crippen LogP contribution >= 0.6 is 0 Å². The number of rotatable bonds is 1. The SMILES string of the molecule is CN1CCC23c4c5ccc(CO)c4OC2C(O)CCC3(O)C1C5. The molecule has 1 saturated heterocycles. The van der Waals surface area contributed by atoms with Gasteiger partial charge in [-0.1, -0.05) is 12.1 Å². The second-order valence-electron chi connectivity index (χ2n) is 7.74. The Morgan fingerprint density at radius 1 is 1.35 bits per heavy atom. The minimum Gasteiger partial charge on any atom is -0.486 e. The summed E-state index contributed by atoms with van der Waals surface area (Å²) in [6.07, 6.45) is 1.78. The van der Waals surface area contributed by atoms with Crippen LogP contribution in [-0.4, -0.2) is 57.7 Å². The number of aliphatic hydroxyl groups is 3. The summed E-state index contributed by atoms with van der Waals surface area (Å²) in [5.74, 6) is 0.720. The van der Waals surface area contributed by atoms with Gasteiger partial charge in [0.1, 0.15) is 11.9 Å². The number of nitrogens with zero attached hydrogens (tertiary/aromatic N) is 1. The second kappa shape index (κ2) is 4.28. The van der Waals surface area contributed by atoms with Crippen molar-refractivity contribution in [2.24, 2.45) is 0 Å². The standard InChI is InChI=1S/C18H23NO4/c1-19-7-6-17-14-10-2-3-11(9-20)15(14)23-16(17)12(21)4-5-18(17,22)13(19)8-10/h2-3,12-13,16,20-22H,4-9H2,1H3. The number of benzene rings is 1. The van der Waals surface area contributed by atoms with E-state index in [9.17, 15) is 15.3 Å². The van der Waals surface area contributed by atoms with E-state index in [2.05, 4.69) is 18.0 Å². The summed E-state index contributed by atoms with van der Waals surface area (Å²) in [6, 6.07) is 4.06. The summed E-state index contributed by atoms with van der Waals surface area (Å²) in [7, 11) is 2.08. The Morgan fingerprint density at radius 2 is 2.17 bits per heavy atom. The van der Waals surface area contributed by atoms with Crippen molar-refractivity contribution in [2.75, 3.05) is 13.6 Å². The molecule has 1 aromatic rings. The Morgan fingerprint density at radius 3 is 2.96 bits per heavy atom. The Bertz CT molecular complexity index is 692. The minimum absolute atomic E-state index is 0.0632. The van der Waals surface area contributed by atoms with Gasteiger partial charge in [-0.25, -0.2) is 0 Å². The van der Waals surface area contributed by atoms with Crippen LogP contribution < -0.4 is 4.74 Å². The number of aliphatic hydroxyl groups excluding tert-OH is 2. The van der Waals surface area contributed by atoms with Crippen LogP contribution in [0.3, 0.4) is 0 Å². The van der Waals surface area contributed by atoms with Gasteiger partial charge in [-0.2, -0.15) is 0 Å². The summed E-state index contributed by atoms with van der Waals surface area (Å²) < 4.78 is 6.22. The maximum Gasteiger partial charge on any atom is 0.137 e. The molecule has 23 heavy (non-hydrogen) atoms. The molecule has 4 aliphatic rings. The molecule has 1 aromatic carbocycles. The van der Waals surface area contributed by atoms with E-state index < -0.39 is 23.2 Å². The van der Waals surface area contributed by atoms with Gasteiger partial charge in [-0.15, -0.1) is 0 Å². The monoisotopic (exact) mass is 317 g/mol. The Hall–Kier alpha value is -1.14. The smallest absolute Gasteiger partial charge is 0.137 e. The van der Waals surface area contributed by atoms with E-state index >= 15 is 0 Å². The molecule has 1 saturated carbocycles. The number of hydrogen-bond donors (Lipinski definition) is 3. The first-order valence-corrected chi connectivity index (χ1v) is 8.56. The molecule has 2 fully saturated rings. The molecule has 2 aliphatic heterocycles. The zero-order valence-corrected chi connectivity index (χ0v) is 13.3. The molecule has 0 aromatic heterocycles. The first kappa shape index (κ1) is 14.2. The Labute approximate surface area is 135 Å². The van der Waals surface area contributed by atoms with Crippen LogP contribution in [0.2, 0.25) is 0 Å². The quantitative estimate of drug-likeness (QED) is 0.696. The lowest BCUT2D eigenvalue weighted by Gasteiger charge is -2.63. The van der Waals surface area contributed by atoms with E-state index in [4.69, 9.17) is 4.74 Å². The van der Waals surface area contributed by atoms with Gasteiger partial charge >= 0.3 is 0 Å². The van der Waals surface area contributed by atoms with Crippen LogP contribution in [0.5, 0.6) is 5.75 Å². The van der Waals surface area contributed by atoms with Crippen LogP contribution in [0.15, 0.2) is 12.1 Å². The Kier molecular flexibility index (Phi) is 2.65. The van der Waals surface area contributed by atoms with Gasteiger partial charge in [0.15, 0.2) is 0 Å². The van der Waals surface area contributed by atoms with Crippen LogP contribution in [-0.2, 0) is 18.4 Å². The molecule has 5 atom stereocenters. The van der Waals surface area contributed by atoms with Gasteiger partial charge in [-0.05, 0) is 44.8 Å². The number of likely N-dealkylation sites (tertiary alicyclic amines) is 1. The molecule has 5 nitrogen and oxygen atoms in total. The lowest BCUT2D eigenvalue weighted by atomic mass is 9.48. The van der Waals surface area contributed by atoms with E-state index in [-0.39, 0.29) is 12.6 Å². The van der Waals surface area contributed by atoms with Gasteiger partial charge in [0, 0.05) is 17.2 Å². The van der Waals surface area contributed by atoms with Crippen molar-refractivity contribution < 1.29 is 20.1 Å². The van der Waals surface area contributed by atoms with Gasteiger partial charge in [0.05, 0.1) is 23.7 Å². The van der Waals surface area contributed by atoms with E-state index in [1.807, 2.05) is 6.07 Å². The molecular formula is C18H23NO4. The van der Waals surface area contributed by atoms with Crippen molar-refractivity contribution in [1.29, 1.82) is 0 Å². The summed E-state index contributed by atoms with van der Waals surface area (Å²) in [4.78, 5) is 2.26. The van der Waals surface area contributed by atoms with Crippen molar-refractivity contribution in [1.82, 2.24) is 4.90 Å². The largest absolute Gasteiger partial charge is 0.486 e. The first-order chi connectivity index (χ1) is 11.0. The van der Waals surface area contributed by atoms with E-state index in [0.29, 0.717) is 12.8 Å². The van der Waals surface area contributed by atoms with Gasteiger partial charge < -0.3 is 25.0 Å². The fourth-order valence-electron chi connectivity index (χ4n) is 5.92. The van der Waals surface area contributed by atoms with Gasteiger partial charge in [-0.3, -0.25) is 0 Å². The first-order valence-electron chi connectivity index (χ1n) is 8.56. The topological polar surface area (TPSA) is 73.2 Å². The highest BCUT2D eigenvalue weighted by molar-refractivity contribution is 5.60. The van der Waals surface area contributed by atoms with Gasteiger partial charge in [0.2, 0.25) is 0 Å². The highest BCUT2D eigenvalue weighted by Crippen LogP contribution is 2.64.